The van der Waals surface area contributed by atoms with Gasteiger partial charge in [-0.2, -0.15) is 0 Å². The largest absolute Gasteiger partial charge is 0.352 e. The molecule has 0 spiro atoms. The molecule has 0 heterocycles. The average molecular weight is 357 g/mol. The Balaban J connectivity index is 2.08. The van der Waals surface area contributed by atoms with Crippen molar-refractivity contribution in [2.75, 3.05) is 11.9 Å². The third-order valence-electron chi connectivity index (χ3n) is 3.42. The predicted octanol–water partition coefficient (Wildman–Crippen LogP) is 4.38. The molecule has 5 heteroatoms. The topological polar surface area (TPSA) is 58.2 Å². The van der Waals surface area contributed by atoms with E-state index in [4.69, 9.17) is 11.6 Å². The molecular formula is C20H21ClN2O2. The van der Waals surface area contributed by atoms with Gasteiger partial charge < -0.3 is 10.6 Å². The molecule has 0 aliphatic heterocycles. The number of amides is 2. The summed E-state index contributed by atoms with van der Waals surface area (Å²) in [6.07, 6.45) is 3.03. The molecule has 0 aliphatic carbocycles. The highest BCUT2D eigenvalue weighted by Crippen LogP contribution is 2.17. The summed E-state index contributed by atoms with van der Waals surface area (Å²) in [5.74, 6) is -0.187. The van der Waals surface area contributed by atoms with Crippen molar-refractivity contribution < 1.29 is 9.59 Å². The van der Waals surface area contributed by atoms with Gasteiger partial charge in [0.15, 0.2) is 0 Å². The number of rotatable bonds is 6. The Morgan fingerprint density at radius 3 is 2.48 bits per heavy atom. The minimum absolute atomic E-state index is 0.209. The Labute approximate surface area is 152 Å². The fraction of sp³-hybridized carbons (Fsp3) is 0.200. The van der Waals surface area contributed by atoms with Gasteiger partial charge >= 0.3 is 0 Å². The first-order valence-electron chi connectivity index (χ1n) is 8.08. The van der Waals surface area contributed by atoms with Gasteiger partial charge in [-0.1, -0.05) is 55.8 Å². The number of nitrogens with one attached hydrogen (secondary N) is 2. The van der Waals surface area contributed by atoms with Gasteiger partial charge in [0.05, 0.1) is 11.3 Å². The van der Waals surface area contributed by atoms with Crippen molar-refractivity contribution in [3.63, 3.8) is 0 Å². The highest BCUT2D eigenvalue weighted by Gasteiger charge is 2.12. The predicted molar refractivity (Wildman–Crippen MR) is 103 cm³/mol. The molecule has 2 aromatic carbocycles. The van der Waals surface area contributed by atoms with E-state index >= 15 is 0 Å². The lowest BCUT2D eigenvalue weighted by atomic mass is 10.1. The average Bonchev–Trinajstić information content (AvgIpc) is 2.59. The van der Waals surface area contributed by atoms with Crippen molar-refractivity contribution in [3.8, 4) is 0 Å². The van der Waals surface area contributed by atoms with Gasteiger partial charge in [0.1, 0.15) is 0 Å². The zero-order valence-electron chi connectivity index (χ0n) is 14.3. The lowest BCUT2D eigenvalue weighted by molar-refractivity contribution is -0.111. The molecule has 2 N–H and O–H groups in total. The summed E-state index contributed by atoms with van der Waals surface area (Å²) in [5.41, 5.74) is 1.66. The van der Waals surface area contributed by atoms with E-state index in [1.165, 1.54) is 6.08 Å². The van der Waals surface area contributed by atoms with Crippen LogP contribution >= 0.6 is 11.6 Å². The van der Waals surface area contributed by atoms with Crippen LogP contribution in [0.2, 0.25) is 5.02 Å². The van der Waals surface area contributed by atoms with Crippen molar-refractivity contribution in [1.82, 2.24) is 5.32 Å². The van der Waals surface area contributed by atoms with Crippen molar-refractivity contribution in [2.24, 2.45) is 5.92 Å². The lowest BCUT2D eigenvalue weighted by Crippen LogP contribution is -2.28. The van der Waals surface area contributed by atoms with Crippen molar-refractivity contribution in [3.05, 3.63) is 70.8 Å². The molecule has 2 amide bonds. The minimum Gasteiger partial charge on any atom is -0.352 e. The SMILES string of the molecule is CC(C)CNC(=O)c1ccccc1NC(=O)/C=C/c1ccccc1Cl. The number of carbonyl (C=O) groups excluding carboxylic acids is 2. The number of para-hydroxylation sites is 1. The third-order valence-corrected chi connectivity index (χ3v) is 3.76. The molecular weight excluding hydrogens is 336 g/mol. The summed E-state index contributed by atoms with van der Waals surface area (Å²) < 4.78 is 0. The zero-order chi connectivity index (χ0) is 18.2. The molecule has 0 aromatic heterocycles. The van der Waals surface area contributed by atoms with Crippen LogP contribution < -0.4 is 10.6 Å². The maximum Gasteiger partial charge on any atom is 0.253 e. The van der Waals surface area contributed by atoms with E-state index in [-0.39, 0.29) is 11.8 Å². The van der Waals surface area contributed by atoms with Gasteiger partial charge in [-0.25, -0.2) is 0 Å². The van der Waals surface area contributed by atoms with Crippen LogP contribution in [-0.2, 0) is 4.79 Å². The first-order valence-corrected chi connectivity index (χ1v) is 8.46. The van der Waals surface area contributed by atoms with Crippen LogP contribution in [0.5, 0.6) is 0 Å². The second-order valence-electron chi connectivity index (χ2n) is 5.99. The molecule has 25 heavy (non-hydrogen) atoms. The molecule has 2 aromatic rings. The van der Waals surface area contributed by atoms with Gasteiger partial charge in [0.2, 0.25) is 5.91 Å². The molecule has 2 rings (SSSR count). The van der Waals surface area contributed by atoms with Crippen LogP contribution in [0.25, 0.3) is 6.08 Å². The second kappa shape index (κ2) is 9.04. The molecule has 0 fully saturated rings. The van der Waals surface area contributed by atoms with Crippen LogP contribution in [0.15, 0.2) is 54.6 Å². The van der Waals surface area contributed by atoms with E-state index in [9.17, 15) is 9.59 Å². The van der Waals surface area contributed by atoms with Crippen molar-refractivity contribution >= 4 is 35.2 Å². The van der Waals surface area contributed by atoms with Crippen LogP contribution in [0.3, 0.4) is 0 Å². The van der Waals surface area contributed by atoms with E-state index in [1.54, 1.807) is 36.4 Å². The lowest BCUT2D eigenvalue weighted by Gasteiger charge is -2.11. The molecule has 0 radical (unpaired) electrons. The van der Waals surface area contributed by atoms with E-state index in [2.05, 4.69) is 10.6 Å². The molecule has 130 valence electrons. The maximum absolute atomic E-state index is 12.3. The van der Waals surface area contributed by atoms with Gasteiger partial charge in [-0.05, 0) is 35.8 Å². The van der Waals surface area contributed by atoms with E-state index < -0.39 is 0 Å². The maximum atomic E-state index is 12.3. The Kier molecular flexibility index (Phi) is 6.78. The summed E-state index contributed by atoms with van der Waals surface area (Å²) in [6.45, 7) is 4.62. The third kappa shape index (κ3) is 5.76. The Morgan fingerprint density at radius 1 is 1.08 bits per heavy atom. The van der Waals surface area contributed by atoms with Gasteiger partial charge in [-0.3, -0.25) is 9.59 Å². The smallest absolute Gasteiger partial charge is 0.253 e. The fourth-order valence-electron chi connectivity index (χ4n) is 2.13. The fourth-order valence-corrected chi connectivity index (χ4v) is 2.33. The molecule has 0 saturated carbocycles. The summed E-state index contributed by atoms with van der Waals surface area (Å²) >= 11 is 6.06. The highest BCUT2D eigenvalue weighted by atomic mass is 35.5. The van der Waals surface area contributed by atoms with Crippen LogP contribution in [0, 0.1) is 5.92 Å². The van der Waals surface area contributed by atoms with Crippen molar-refractivity contribution in [2.45, 2.75) is 13.8 Å². The number of hydrogen-bond donors (Lipinski definition) is 2. The summed E-state index contributed by atoms with van der Waals surface area (Å²) in [6, 6.07) is 14.2. The summed E-state index contributed by atoms with van der Waals surface area (Å²) in [7, 11) is 0. The molecule has 0 saturated heterocycles. The van der Waals surface area contributed by atoms with Crippen LogP contribution in [-0.4, -0.2) is 18.4 Å². The number of halogens is 1. The Hall–Kier alpha value is -2.59. The van der Waals surface area contributed by atoms with E-state index in [0.29, 0.717) is 28.7 Å². The Bertz CT molecular complexity index is 785. The summed E-state index contributed by atoms with van der Waals surface area (Å²) in [5, 5.41) is 6.16. The van der Waals surface area contributed by atoms with E-state index in [1.807, 2.05) is 32.0 Å². The quantitative estimate of drug-likeness (QED) is 0.755. The first-order chi connectivity index (χ1) is 12.0. The monoisotopic (exact) mass is 356 g/mol. The molecule has 0 unspecified atom stereocenters. The standard InChI is InChI=1S/C20H21ClN2O2/c1-14(2)13-22-20(25)16-8-4-6-10-18(16)23-19(24)12-11-15-7-3-5-9-17(15)21/h3-12,14H,13H2,1-2H3,(H,22,25)(H,23,24)/b12-11+. The van der Waals surface area contributed by atoms with Gasteiger partial charge in [-0.15, -0.1) is 0 Å². The minimum atomic E-state index is -0.330. The number of hydrogen-bond acceptors (Lipinski definition) is 2. The molecule has 4 nitrogen and oxygen atoms in total. The number of carbonyl (C=O) groups is 2. The van der Waals surface area contributed by atoms with E-state index in [0.717, 1.165) is 5.56 Å². The van der Waals surface area contributed by atoms with Crippen LogP contribution in [0.1, 0.15) is 29.8 Å². The highest BCUT2D eigenvalue weighted by molar-refractivity contribution is 6.32. The zero-order valence-corrected chi connectivity index (χ0v) is 15.0. The van der Waals surface area contributed by atoms with Gasteiger partial charge in [0, 0.05) is 17.6 Å². The summed E-state index contributed by atoms with van der Waals surface area (Å²) in [4.78, 5) is 24.4. The molecule has 0 atom stereocenters. The normalized spacial score (nSPS) is 10.9. The number of anilines is 1. The van der Waals surface area contributed by atoms with Gasteiger partial charge in [0.25, 0.3) is 5.91 Å². The molecule has 0 aliphatic rings. The Morgan fingerprint density at radius 2 is 1.76 bits per heavy atom. The van der Waals surface area contributed by atoms with Crippen LogP contribution in [0.4, 0.5) is 5.69 Å². The number of benzene rings is 2. The second-order valence-corrected chi connectivity index (χ2v) is 6.40. The molecule has 0 bridgehead atoms. The van der Waals surface area contributed by atoms with Crippen molar-refractivity contribution in [1.29, 1.82) is 0 Å². The first kappa shape index (κ1) is 18.7.